The Bertz CT molecular complexity index is 947. The van der Waals surface area contributed by atoms with Crippen molar-refractivity contribution in [2.75, 3.05) is 0 Å². The van der Waals surface area contributed by atoms with E-state index in [0.717, 1.165) is 21.5 Å². The van der Waals surface area contributed by atoms with Gasteiger partial charge in [-0.15, -0.1) is 10.2 Å². The van der Waals surface area contributed by atoms with Crippen LogP contribution in [0.2, 0.25) is 0 Å². The lowest BCUT2D eigenvalue weighted by molar-refractivity contribution is 0.0971. The predicted molar refractivity (Wildman–Crippen MR) is 92.0 cm³/mol. The zero-order valence-electron chi connectivity index (χ0n) is 13.2. The second kappa shape index (κ2) is 6.42. The molecule has 0 saturated carbocycles. The normalized spacial score (nSPS) is 10.6. The number of carbonyl (C=O) groups excluding carboxylic acids is 1. The minimum Gasteiger partial charge on any atom is -0.318 e. The summed E-state index contributed by atoms with van der Waals surface area (Å²) in [5.41, 5.74) is 3.47. The van der Waals surface area contributed by atoms with Crippen LogP contribution in [0.5, 0.6) is 0 Å². The second-order valence-electron chi connectivity index (χ2n) is 5.41. The van der Waals surface area contributed by atoms with Gasteiger partial charge in [0.05, 0.1) is 6.54 Å². The highest BCUT2D eigenvalue weighted by Gasteiger charge is 2.18. The first-order valence-electron chi connectivity index (χ1n) is 7.27. The van der Waals surface area contributed by atoms with Crippen molar-refractivity contribution in [2.24, 2.45) is 0 Å². The molecule has 0 fully saturated rings. The Morgan fingerprint density at radius 1 is 1.29 bits per heavy atom. The van der Waals surface area contributed by atoms with E-state index in [9.17, 15) is 4.79 Å². The van der Waals surface area contributed by atoms with Crippen molar-refractivity contribution in [3.05, 3.63) is 63.9 Å². The van der Waals surface area contributed by atoms with Gasteiger partial charge in [-0.05, 0) is 44.2 Å². The summed E-state index contributed by atoms with van der Waals surface area (Å²) >= 11 is 3.43. The van der Waals surface area contributed by atoms with Gasteiger partial charge in [-0.25, -0.2) is 0 Å². The lowest BCUT2D eigenvalue weighted by Gasteiger charge is -2.10. The van der Waals surface area contributed by atoms with E-state index in [1.54, 1.807) is 0 Å². The molecule has 3 aromatic rings. The van der Waals surface area contributed by atoms with Gasteiger partial charge in [-0.3, -0.25) is 9.36 Å². The summed E-state index contributed by atoms with van der Waals surface area (Å²) < 4.78 is 4.49. The molecule has 0 aliphatic carbocycles. The number of aromatic nitrogens is 4. The number of Topliss-reactive ketones (excluding diaryl/α,β-unsaturated/α-hetero) is 1. The maximum atomic E-state index is 12.6. The highest BCUT2D eigenvalue weighted by Crippen LogP contribution is 2.23. The summed E-state index contributed by atoms with van der Waals surface area (Å²) in [4.78, 5) is 12.6. The molecule has 24 heavy (non-hydrogen) atoms. The number of hydrogen-bond donors (Lipinski definition) is 0. The smallest absolute Gasteiger partial charge is 0.235 e. The first-order valence-corrected chi connectivity index (χ1v) is 8.06. The van der Waals surface area contributed by atoms with Gasteiger partial charge in [-0.2, -0.15) is 5.26 Å². The van der Waals surface area contributed by atoms with Crippen LogP contribution < -0.4 is 0 Å². The Labute approximate surface area is 147 Å². The molecule has 7 heteroatoms. The van der Waals surface area contributed by atoms with Crippen LogP contribution in [0.15, 0.2) is 41.1 Å². The minimum absolute atomic E-state index is 0.0422. The molecule has 3 rings (SSSR count). The number of aryl methyl sites for hydroxylation is 1. The SMILES string of the molecule is Cc1cc(C(=O)Cn2cnnc2C#N)c(C)n1-c1ccc(Br)cc1. The van der Waals surface area contributed by atoms with Crippen LogP contribution in [0, 0.1) is 25.2 Å². The minimum atomic E-state index is -0.0808. The van der Waals surface area contributed by atoms with Crippen LogP contribution in [0.25, 0.3) is 5.69 Å². The van der Waals surface area contributed by atoms with Gasteiger partial charge in [0.25, 0.3) is 0 Å². The number of ketones is 1. The lowest BCUT2D eigenvalue weighted by Crippen LogP contribution is -2.12. The maximum Gasteiger partial charge on any atom is 0.235 e. The Morgan fingerprint density at radius 2 is 2.00 bits per heavy atom. The van der Waals surface area contributed by atoms with E-state index in [1.165, 1.54) is 10.9 Å². The fraction of sp³-hybridized carbons (Fsp3) is 0.176. The number of nitrogens with zero attached hydrogens (tertiary/aromatic N) is 5. The molecule has 0 bridgehead atoms. The first-order chi connectivity index (χ1) is 11.5. The Morgan fingerprint density at radius 3 is 2.67 bits per heavy atom. The quantitative estimate of drug-likeness (QED) is 0.648. The molecule has 0 amide bonds. The molecule has 0 aliphatic heterocycles. The fourth-order valence-corrected chi connectivity index (χ4v) is 2.99. The molecular weight excluding hydrogens is 370 g/mol. The van der Waals surface area contributed by atoms with Crippen molar-refractivity contribution < 1.29 is 4.79 Å². The van der Waals surface area contributed by atoms with Crippen LogP contribution in [0.1, 0.15) is 27.6 Å². The number of hydrogen-bond acceptors (Lipinski definition) is 4. The summed E-state index contributed by atoms with van der Waals surface area (Å²) in [5, 5.41) is 16.3. The Kier molecular flexibility index (Phi) is 4.32. The van der Waals surface area contributed by atoms with Gasteiger partial charge in [0.1, 0.15) is 12.4 Å². The summed E-state index contributed by atoms with van der Waals surface area (Å²) in [6, 6.07) is 11.7. The molecule has 120 valence electrons. The molecule has 1 aromatic carbocycles. The molecule has 0 aliphatic rings. The van der Waals surface area contributed by atoms with Crippen molar-refractivity contribution in [1.29, 1.82) is 5.26 Å². The van der Waals surface area contributed by atoms with Crippen molar-refractivity contribution >= 4 is 21.7 Å². The van der Waals surface area contributed by atoms with Crippen molar-refractivity contribution in [3.63, 3.8) is 0 Å². The van der Waals surface area contributed by atoms with E-state index in [1.807, 2.05) is 54.8 Å². The van der Waals surface area contributed by atoms with Gasteiger partial charge in [0.15, 0.2) is 5.78 Å². The highest BCUT2D eigenvalue weighted by molar-refractivity contribution is 9.10. The average Bonchev–Trinajstić information content (AvgIpc) is 3.12. The van der Waals surface area contributed by atoms with Gasteiger partial charge in [0.2, 0.25) is 5.82 Å². The summed E-state index contributed by atoms with van der Waals surface area (Å²) in [6.07, 6.45) is 1.39. The summed E-state index contributed by atoms with van der Waals surface area (Å²) in [5.74, 6) is 0.0489. The largest absolute Gasteiger partial charge is 0.318 e. The van der Waals surface area contributed by atoms with E-state index in [0.29, 0.717) is 5.56 Å². The standard InChI is InChI=1S/C17H14BrN5O/c1-11-7-15(16(24)9-22-10-20-21-17(22)8-19)12(2)23(11)14-5-3-13(18)4-6-14/h3-7,10H,9H2,1-2H3. The van der Waals surface area contributed by atoms with Crippen LogP contribution in [0.3, 0.4) is 0 Å². The van der Waals surface area contributed by atoms with E-state index >= 15 is 0 Å². The molecule has 6 nitrogen and oxygen atoms in total. The third-order valence-electron chi connectivity index (χ3n) is 3.85. The zero-order valence-corrected chi connectivity index (χ0v) is 14.8. The third-order valence-corrected chi connectivity index (χ3v) is 4.37. The monoisotopic (exact) mass is 383 g/mol. The molecule has 0 radical (unpaired) electrons. The average molecular weight is 384 g/mol. The summed E-state index contributed by atoms with van der Waals surface area (Å²) in [6.45, 7) is 3.92. The van der Waals surface area contributed by atoms with E-state index in [4.69, 9.17) is 5.26 Å². The maximum absolute atomic E-state index is 12.6. The first kappa shape index (κ1) is 16.1. The van der Waals surface area contributed by atoms with Gasteiger partial charge >= 0.3 is 0 Å². The number of nitriles is 1. The predicted octanol–water partition coefficient (Wildman–Crippen LogP) is 3.20. The van der Waals surface area contributed by atoms with Crippen molar-refractivity contribution in [3.8, 4) is 11.8 Å². The fourth-order valence-electron chi connectivity index (χ4n) is 2.73. The van der Waals surface area contributed by atoms with E-state index in [-0.39, 0.29) is 18.2 Å². The molecule has 0 saturated heterocycles. The van der Waals surface area contributed by atoms with Gasteiger partial charge in [0, 0.05) is 27.1 Å². The van der Waals surface area contributed by atoms with E-state index in [2.05, 4.69) is 26.1 Å². The number of rotatable bonds is 4. The number of benzene rings is 1. The van der Waals surface area contributed by atoms with Crippen molar-refractivity contribution in [1.82, 2.24) is 19.3 Å². The van der Waals surface area contributed by atoms with Gasteiger partial charge < -0.3 is 4.57 Å². The summed E-state index contributed by atoms with van der Waals surface area (Å²) in [7, 11) is 0. The molecule has 2 aromatic heterocycles. The highest BCUT2D eigenvalue weighted by atomic mass is 79.9. The zero-order chi connectivity index (χ0) is 17.3. The number of carbonyl (C=O) groups is 1. The third kappa shape index (κ3) is 2.88. The molecule has 0 spiro atoms. The Hall–Kier alpha value is -2.72. The van der Waals surface area contributed by atoms with Crippen LogP contribution in [-0.4, -0.2) is 25.1 Å². The van der Waals surface area contributed by atoms with Crippen molar-refractivity contribution in [2.45, 2.75) is 20.4 Å². The molecule has 0 atom stereocenters. The van der Waals surface area contributed by atoms with Crippen LogP contribution in [-0.2, 0) is 6.54 Å². The number of halogens is 1. The van der Waals surface area contributed by atoms with Crippen LogP contribution >= 0.6 is 15.9 Å². The Balaban J connectivity index is 1.95. The molecule has 0 N–H and O–H groups in total. The topological polar surface area (TPSA) is 76.5 Å². The van der Waals surface area contributed by atoms with Gasteiger partial charge in [-0.1, -0.05) is 15.9 Å². The molecular formula is C17H14BrN5O. The van der Waals surface area contributed by atoms with Crippen LogP contribution in [0.4, 0.5) is 0 Å². The van der Waals surface area contributed by atoms with E-state index < -0.39 is 0 Å². The second-order valence-corrected chi connectivity index (χ2v) is 6.33. The lowest BCUT2D eigenvalue weighted by atomic mass is 10.1. The molecule has 0 unspecified atom stereocenters. The molecule has 2 heterocycles.